The van der Waals surface area contributed by atoms with Gasteiger partial charge in [-0.05, 0) is 22.5 Å². The third-order valence-corrected chi connectivity index (χ3v) is 3.55. The largest absolute Gasteiger partial charge is 0.494 e. The maximum atomic E-state index is 11.2. The molecule has 1 aromatic carbocycles. The smallest absolute Gasteiger partial charge is 0.176 e. The summed E-state index contributed by atoms with van der Waals surface area (Å²) in [6, 6.07) is 4.16. The van der Waals surface area contributed by atoms with E-state index in [2.05, 4.69) is 53.1 Å². The summed E-state index contributed by atoms with van der Waals surface area (Å²) in [6.45, 7) is 12.9. The molecule has 0 saturated heterocycles. The van der Waals surface area contributed by atoms with Gasteiger partial charge in [0.25, 0.3) is 0 Å². The molecule has 0 saturated carbocycles. The summed E-state index contributed by atoms with van der Waals surface area (Å²) in [4.78, 5) is 0. The van der Waals surface area contributed by atoms with Crippen molar-refractivity contribution in [3.63, 3.8) is 0 Å². The first-order chi connectivity index (χ1) is 9.46. The Balaban J connectivity index is 3.48. The highest BCUT2D eigenvalue weighted by molar-refractivity contribution is 7.79. The highest BCUT2D eigenvalue weighted by atomic mass is 32.2. The van der Waals surface area contributed by atoms with E-state index in [1.54, 1.807) is 7.11 Å². The molecule has 0 fully saturated rings. The van der Waals surface area contributed by atoms with Crippen molar-refractivity contribution in [1.29, 1.82) is 0 Å². The first kappa shape index (κ1) is 18.0. The van der Waals surface area contributed by atoms with Gasteiger partial charge in [0, 0.05) is 11.8 Å². The normalized spacial score (nSPS) is 13.9. The van der Waals surface area contributed by atoms with E-state index < -0.39 is 11.1 Å². The first-order valence-electron chi connectivity index (χ1n) is 6.96. The minimum atomic E-state index is -1.40. The maximum Gasteiger partial charge on any atom is 0.176 e. The molecule has 0 aliphatic rings. The molecule has 1 aromatic rings. The van der Waals surface area contributed by atoms with Crippen LogP contribution in [0.1, 0.15) is 52.7 Å². The Kier molecular flexibility index (Phi) is 5.45. The Morgan fingerprint density at radius 3 is 2.00 bits per heavy atom. The molecule has 1 N–H and O–H groups in total. The van der Waals surface area contributed by atoms with Crippen molar-refractivity contribution in [2.75, 3.05) is 18.8 Å². The zero-order valence-electron chi connectivity index (χ0n) is 14.3. The molecule has 4 nitrogen and oxygen atoms in total. The summed E-state index contributed by atoms with van der Waals surface area (Å²) in [6.07, 6.45) is 1.47. The van der Waals surface area contributed by atoms with E-state index in [0.29, 0.717) is 5.69 Å². The zero-order valence-corrected chi connectivity index (χ0v) is 15.1. The molecule has 0 heterocycles. The van der Waals surface area contributed by atoms with Crippen LogP contribution in [-0.2, 0) is 26.2 Å². The second-order valence-electron chi connectivity index (χ2n) is 7.19. The van der Waals surface area contributed by atoms with E-state index in [1.165, 1.54) is 11.8 Å². The predicted octanol–water partition coefficient (Wildman–Crippen LogP) is 3.93. The molecule has 0 aliphatic heterocycles. The molecule has 0 spiro atoms. The van der Waals surface area contributed by atoms with Gasteiger partial charge in [0.1, 0.15) is 11.4 Å². The summed E-state index contributed by atoms with van der Waals surface area (Å²) >= 11 is -1.40. The van der Waals surface area contributed by atoms with Gasteiger partial charge in [-0.1, -0.05) is 47.6 Å². The molecule has 1 atom stereocenters. The lowest BCUT2D eigenvalue weighted by molar-refractivity contribution is 0.387. The van der Waals surface area contributed by atoms with Crippen LogP contribution in [0.4, 0.5) is 5.69 Å². The van der Waals surface area contributed by atoms with Crippen molar-refractivity contribution >= 4 is 16.8 Å². The van der Waals surface area contributed by atoms with Gasteiger partial charge < -0.3 is 4.74 Å². The monoisotopic (exact) mass is 313 g/mol. The average molecular weight is 313 g/mol. The van der Waals surface area contributed by atoms with Crippen LogP contribution >= 0.6 is 0 Å². The van der Waals surface area contributed by atoms with Crippen LogP contribution < -0.4 is 10.2 Å². The third-order valence-electron chi connectivity index (χ3n) is 3.24. The van der Waals surface area contributed by atoms with Gasteiger partial charge in [-0.25, -0.2) is 9.69 Å². The van der Waals surface area contributed by atoms with Crippen LogP contribution in [0.25, 0.3) is 0 Å². The fraction of sp³-hybridized carbons (Fsp3) is 0.625. The minimum Gasteiger partial charge on any atom is -0.494 e. The van der Waals surface area contributed by atoms with Crippen molar-refractivity contribution in [1.82, 2.24) is 0 Å². The van der Waals surface area contributed by atoms with Crippen LogP contribution in [0.5, 0.6) is 5.75 Å². The van der Waals surface area contributed by atoms with E-state index in [9.17, 15) is 4.21 Å². The number of anilines is 1. The number of hydrogen-bond acceptors (Lipinski definition) is 4. The predicted molar refractivity (Wildman–Crippen MR) is 89.2 cm³/mol. The van der Waals surface area contributed by atoms with Crippen molar-refractivity contribution in [3.8, 4) is 5.75 Å². The lowest BCUT2D eigenvalue weighted by Crippen LogP contribution is -2.19. The van der Waals surface area contributed by atoms with Gasteiger partial charge in [0.2, 0.25) is 0 Å². The second-order valence-corrected chi connectivity index (χ2v) is 8.16. The van der Waals surface area contributed by atoms with E-state index in [1.807, 2.05) is 6.07 Å². The van der Waals surface area contributed by atoms with Crippen LogP contribution in [0.2, 0.25) is 0 Å². The molecule has 0 bridgehead atoms. The number of nitrogens with one attached hydrogen (secondary N) is 1. The number of benzene rings is 1. The van der Waals surface area contributed by atoms with Gasteiger partial charge in [-0.15, -0.1) is 0 Å². The van der Waals surface area contributed by atoms with E-state index in [0.717, 1.165) is 11.3 Å². The van der Waals surface area contributed by atoms with E-state index in [-0.39, 0.29) is 10.8 Å². The van der Waals surface area contributed by atoms with Crippen molar-refractivity contribution in [2.24, 2.45) is 0 Å². The summed E-state index contributed by atoms with van der Waals surface area (Å²) in [5, 5.41) is 0. The molecule has 1 unspecified atom stereocenters. The van der Waals surface area contributed by atoms with Crippen molar-refractivity contribution in [2.45, 2.75) is 52.4 Å². The fourth-order valence-corrected chi connectivity index (χ4v) is 2.23. The Morgan fingerprint density at radius 2 is 1.62 bits per heavy atom. The molecule has 120 valence electrons. The van der Waals surface area contributed by atoms with Crippen LogP contribution in [0.3, 0.4) is 0 Å². The summed E-state index contributed by atoms with van der Waals surface area (Å²) in [5.74, 6) is 0.723. The lowest BCUT2D eigenvalue weighted by atomic mass is 9.80. The molecule has 0 aliphatic carbocycles. The molecule has 5 heteroatoms. The molecule has 0 amide bonds. The number of hydrogen-bond donors (Lipinski definition) is 1. The highest BCUT2D eigenvalue weighted by Gasteiger charge is 2.26. The second kappa shape index (κ2) is 6.36. The van der Waals surface area contributed by atoms with Crippen LogP contribution in [0.15, 0.2) is 12.1 Å². The summed E-state index contributed by atoms with van der Waals surface area (Å²) in [5.41, 5.74) is 5.64. The Labute approximate surface area is 130 Å². The quantitative estimate of drug-likeness (QED) is 0.856. The van der Waals surface area contributed by atoms with Gasteiger partial charge >= 0.3 is 0 Å². The number of methoxy groups -OCH3 is 1. The number of ether oxygens (including phenoxy) is 1. The minimum absolute atomic E-state index is 0.00589. The van der Waals surface area contributed by atoms with Gasteiger partial charge in [-0.2, -0.15) is 4.28 Å². The Bertz CT molecular complexity index is 528. The first-order valence-corrected chi connectivity index (χ1v) is 8.45. The van der Waals surface area contributed by atoms with Crippen LogP contribution in [-0.4, -0.2) is 17.6 Å². The molecule has 0 radical (unpaired) electrons. The average Bonchev–Trinajstić information content (AvgIpc) is 2.32. The summed E-state index contributed by atoms with van der Waals surface area (Å²) < 4.78 is 21.8. The Hall–Kier alpha value is -1.07. The highest BCUT2D eigenvalue weighted by Crippen LogP contribution is 2.40. The summed E-state index contributed by atoms with van der Waals surface area (Å²) in [7, 11) is 1.63. The Morgan fingerprint density at radius 1 is 1.05 bits per heavy atom. The zero-order chi connectivity index (χ0) is 16.4. The molecule has 1 rings (SSSR count). The van der Waals surface area contributed by atoms with Crippen LogP contribution in [0, 0.1) is 0 Å². The van der Waals surface area contributed by atoms with E-state index in [4.69, 9.17) is 9.02 Å². The van der Waals surface area contributed by atoms with Crippen molar-refractivity contribution < 1.29 is 13.2 Å². The topological polar surface area (TPSA) is 47.6 Å². The maximum absolute atomic E-state index is 11.2. The standard InChI is InChI=1S/C16H27NO3S/c1-15(2,3)11-9-12(16(4,5)6)14(19-7)13(10-11)17-20-21(8)18/h9-10,17H,1-8H3. The molecular weight excluding hydrogens is 286 g/mol. The van der Waals surface area contributed by atoms with Crippen molar-refractivity contribution in [3.05, 3.63) is 23.3 Å². The van der Waals surface area contributed by atoms with Gasteiger partial charge in [0.05, 0.1) is 7.11 Å². The lowest BCUT2D eigenvalue weighted by Gasteiger charge is -2.28. The van der Waals surface area contributed by atoms with Gasteiger partial charge in [-0.3, -0.25) is 0 Å². The van der Waals surface area contributed by atoms with Gasteiger partial charge in [0.15, 0.2) is 11.1 Å². The third kappa shape index (κ3) is 4.71. The molecule has 0 aromatic heterocycles. The fourth-order valence-electron chi connectivity index (χ4n) is 2.02. The number of rotatable bonds is 4. The SMILES string of the molecule is COc1c(NOS(C)=O)cc(C(C)(C)C)cc1C(C)(C)C. The van der Waals surface area contributed by atoms with E-state index >= 15 is 0 Å². The molecule has 21 heavy (non-hydrogen) atoms. The molecular formula is C16H27NO3S.